The Kier molecular flexibility index (Phi) is 5.00. The zero-order valence-electron chi connectivity index (χ0n) is 13.4. The zero-order chi connectivity index (χ0) is 15.5. The molecular weight excluding hydrogens is 304 g/mol. The van der Waals surface area contributed by atoms with Crippen molar-refractivity contribution in [1.82, 2.24) is 0 Å². The van der Waals surface area contributed by atoms with Crippen molar-refractivity contribution in [2.24, 2.45) is 0 Å². The summed E-state index contributed by atoms with van der Waals surface area (Å²) in [6.07, 6.45) is 0. The van der Waals surface area contributed by atoms with Crippen molar-refractivity contribution in [3.8, 4) is 0 Å². The second kappa shape index (κ2) is 6.97. The summed E-state index contributed by atoms with van der Waals surface area (Å²) in [6.45, 7) is 6.65. The quantitative estimate of drug-likeness (QED) is 0.621. The topological polar surface area (TPSA) is 0 Å². The molecule has 2 aromatic carbocycles. The van der Waals surface area contributed by atoms with Gasteiger partial charge in [0.05, 0.1) is 5.25 Å². The van der Waals surface area contributed by atoms with Crippen LogP contribution in [0.1, 0.15) is 41.4 Å². The second-order valence-corrected chi connectivity index (χ2v) is 8.12. The van der Waals surface area contributed by atoms with Crippen LogP contribution >= 0.6 is 23.5 Å². The highest BCUT2D eigenvalue weighted by Gasteiger charge is 2.31. The van der Waals surface area contributed by atoms with Crippen LogP contribution in [0, 0.1) is 6.92 Å². The van der Waals surface area contributed by atoms with E-state index in [-0.39, 0.29) is 0 Å². The Balaban J connectivity index is 2.16. The van der Waals surface area contributed by atoms with Gasteiger partial charge in [-0.05, 0) is 40.7 Å². The Hall–Kier alpha value is -1.12. The lowest BCUT2D eigenvalue weighted by molar-refractivity contribution is 1.26. The Morgan fingerprint density at radius 3 is 2.32 bits per heavy atom. The van der Waals surface area contributed by atoms with Gasteiger partial charge in [0.2, 0.25) is 0 Å². The molecule has 0 amide bonds. The fourth-order valence-electron chi connectivity index (χ4n) is 3.01. The Morgan fingerprint density at radius 2 is 1.64 bits per heavy atom. The fraction of sp³-hybridized carbons (Fsp3) is 0.300. The first kappa shape index (κ1) is 15.8. The fourth-order valence-corrected chi connectivity index (χ4v) is 5.24. The molecule has 1 aliphatic rings. The van der Waals surface area contributed by atoms with Crippen LogP contribution < -0.4 is 0 Å². The molecular formula is C20H22S2. The van der Waals surface area contributed by atoms with E-state index in [9.17, 15) is 0 Å². The lowest BCUT2D eigenvalue weighted by Gasteiger charge is -2.16. The number of thioether (sulfide) groups is 2. The summed E-state index contributed by atoms with van der Waals surface area (Å²) >= 11 is 4.03. The Morgan fingerprint density at radius 1 is 0.909 bits per heavy atom. The number of hydrogen-bond acceptors (Lipinski definition) is 2. The molecule has 22 heavy (non-hydrogen) atoms. The van der Waals surface area contributed by atoms with Crippen molar-refractivity contribution in [1.29, 1.82) is 0 Å². The third-order valence-electron chi connectivity index (χ3n) is 3.98. The number of hydrogen-bond donors (Lipinski definition) is 0. The van der Waals surface area contributed by atoms with Gasteiger partial charge < -0.3 is 0 Å². The summed E-state index contributed by atoms with van der Waals surface area (Å²) in [5.41, 5.74) is 7.14. The molecule has 1 unspecified atom stereocenters. The second-order valence-electron chi connectivity index (χ2n) is 5.46. The van der Waals surface area contributed by atoms with Crippen LogP contribution in [0.3, 0.4) is 0 Å². The van der Waals surface area contributed by atoms with E-state index < -0.39 is 0 Å². The van der Waals surface area contributed by atoms with E-state index in [1.165, 1.54) is 32.7 Å². The minimum atomic E-state index is 0.470. The average molecular weight is 327 g/mol. The summed E-state index contributed by atoms with van der Waals surface area (Å²) in [6, 6.07) is 18.0. The van der Waals surface area contributed by atoms with Crippen LogP contribution in [0.5, 0.6) is 0 Å². The third-order valence-corrected chi connectivity index (χ3v) is 6.15. The molecule has 114 valence electrons. The molecule has 1 aliphatic carbocycles. The molecule has 0 aromatic heterocycles. The van der Waals surface area contributed by atoms with E-state index in [4.69, 9.17) is 0 Å². The predicted octanol–water partition coefficient (Wildman–Crippen LogP) is 6.42. The van der Waals surface area contributed by atoms with Crippen LogP contribution in [0.2, 0.25) is 0 Å². The summed E-state index contributed by atoms with van der Waals surface area (Å²) < 4.78 is 0. The van der Waals surface area contributed by atoms with Crippen LogP contribution in [0.4, 0.5) is 0 Å². The van der Waals surface area contributed by atoms with Crippen molar-refractivity contribution in [3.05, 3.63) is 70.8 Å². The lowest BCUT2D eigenvalue weighted by Crippen LogP contribution is -1.95. The minimum absolute atomic E-state index is 0.470. The lowest BCUT2D eigenvalue weighted by atomic mass is 10.0. The molecule has 0 saturated heterocycles. The smallest absolute Gasteiger partial charge is 0.0570 e. The molecule has 3 rings (SSSR count). The molecule has 0 N–H and O–H groups in total. The summed E-state index contributed by atoms with van der Waals surface area (Å²) in [7, 11) is 0. The van der Waals surface area contributed by atoms with Crippen LogP contribution in [-0.4, -0.2) is 11.5 Å². The molecule has 0 nitrogen and oxygen atoms in total. The highest BCUT2D eigenvalue weighted by Crippen LogP contribution is 2.55. The van der Waals surface area contributed by atoms with Crippen molar-refractivity contribution < 1.29 is 0 Å². The maximum Gasteiger partial charge on any atom is 0.0570 e. The maximum absolute atomic E-state index is 2.31. The summed E-state index contributed by atoms with van der Waals surface area (Å²) in [5.74, 6) is 2.25. The van der Waals surface area contributed by atoms with Gasteiger partial charge in [0.1, 0.15) is 0 Å². The molecule has 2 heteroatoms. The largest absolute Gasteiger partial charge is 0.149 e. The van der Waals surface area contributed by atoms with Gasteiger partial charge in [-0.2, -0.15) is 0 Å². The van der Waals surface area contributed by atoms with Gasteiger partial charge in [0, 0.05) is 4.91 Å². The highest BCUT2D eigenvalue weighted by molar-refractivity contribution is 8.08. The van der Waals surface area contributed by atoms with E-state index in [2.05, 4.69) is 69.3 Å². The summed E-state index contributed by atoms with van der Waals surface area (Å²) in [4.78, 5) is 1.48. The molecule has 0 fully saturated rings. The molecule has 0 spiro atoms. The average Bonchev–Trinajstić information content (AvgIpc) is 2.84. The van der Waals surface area contributed by atoms with Gasteiger partial charge in [0.15, 0.2) is 0 Å². The van der Waals surface area contributed by atoms with E-state index >= 15 is 0 Å². The van der Waals surface area contributed by atoms with Crippen molar-refractivity contribution in [2.45, 2.75) is 26.0 Å². The monoisotopic (exact) mass is 326 g/mol. The van der Waals surface area contributed by atoms with E-state index in [0.717, 1.165) is 11.5 Å². The van der Waals surface area contributed by atoms with Crippen molar-refractivity contribution >= 4 is 34.0 Å². The molecule has 0 bridgehead atoms. The Bertz CT molecular complexity index is 683. The number of aryl methyl sites for hydroxylation is 1. The van der Waals surface area contributed by atoms with E-state index in [0.29, 0.717) is 5.25 Å². The number of fused-ring (bicyclic) bond motifs is 1. The van der Waals surface area contributed by atoms with Crippen molar-refractivity contribution in [3.63, 3.8) is 0 Å². The molecule has 0 radical (unpaired) electrons. The third kappa shape index (κ3) is 2.87. The molecule has 0 saturated carbocycles. The Labute approximate surface area is 142 Å². The number of rotatable bonds is 5. The summed E-state index contributed by atoms with van der Waals surface area (Å²) in [5, 5.41) is 0.470. The maximum atomic E-state index is 2.31. The van der Waals surface area contributed by atoms with Gasteiger partial charge in [-0.25, -0.2) is 0 Å². The molecule has 2 aromatic rings. The first-order chi connectivity index (χ1) is 10.8. The van der Waals surface area contributed by atoms with Gasteiger partial charge in [-0.3, -0.25) is 0 Å². The number of benzene rings is 2. The van der Waals surface area contributed by atoms with Gasteiger partial charge in [-0.1, -0.05) is 67.9 Å². The zero-order valence-corrected chi connectivity index (χ0v) is 15.1. The standard InChI is InChI=1S/C20H22S2/c1-4-21-19-16-8-6-7-9-17(16)20(22-5-2)18(19)15-12-10-14(3)11-13-15/h6-13,19H,4-5H2,1-3H3. The molecule has 0 heterocycles. The van der Waals surface area contributed by atoms with Gasteiger partial charge in [0.25, 0.3) is 0 Å². The van der Waals surface area contributed by atoms with Gasteiger partial charge >= 0.3 is 0 Å². The van der Waals surface area contributed by atoms with Crippen LogP contribution in [-0.2, 0) is 0 Å². The normalized spacial score (nSPS) is 17.0. The predicted molar refractivity (Wildman–Crippen MR) is 103 cm³/mol. The van der Waals surface area contributed by atoms with Crippen LogP contribution in [0.25, 0.3) is 10.5 Å². The van der Waals surface area contributed by atoms with Crippen LogP contribution in [0.15, 0.2) is 48.5 Å². The first-order valence-corrected chi connectivity index (χ1v) is 9.94. The molecule has 1 atom stereocenters. The van der Waals surface area contributed by atoms with E-state index in [1.807, 2.05) is 23.5 Å². The first-order valence-electron chi connectivity index (χ1n) is 7.91. The van der Waals surface area contributed by atoms with E-state index in [1.54, 1.807) is 0 Å². The minimum Gasteiger partial charge on any atom is -0.149 e. The van der Waals surface area contributed by atoms with Crippen molar-refractivity contribution in [2.75, 3.05) is 11.5 Å². The SMILES string of the molecule is CCSC1=C(c2ccc(C)cc2)C(SCC)c2ccccc21. The van der Waals surface area contributed by atoms with Gasteiger partial charge in [-0.15, -0.1) is 23.5 Å². The highest BCUT2D eigenvalue weighted by atomic mass is 32.2. The molecule has 0 aliphatic heterocycles.